The highest BCUT2D eigenvalue weighted by atomic mass is 19.3. The minimum Gasteiger partial charge on any atom is -0.486 e. The smallest absolute Gasteiger partial charge is 0.270 e. The van der Waals surface area contributed by atoms with Crippen molar-refractivity contribution in [1.82, 2.24) is 5.32 Å². The maximum Gasteiger partial charge on any atom is 0.270 e. The highest BCUT2D eigenvalue weighted by Crippen LogP contribution is 2.43. The van der Waals surface area contributed by atoms with E-state index in [1.807, 2.05) is 0 Å². The lowest BCUT2D eigenvalue weighted by molar-refractivity contribution is 0.0167. The van der Waals surface area contributed by atoms with Gasteiger partial charge in [0.15, 0.2) is 11.5 Å². The minimum atomic E-state index is -2.87. The number of fused-ring (bicyclic) bond motifs is 1. The molecule has 2 aliphatic rings. The van der Waals surface area contributed by atoms with E-state index in [2.05, 4.69) is 5.32 Å². The number of benzene rings is 1. The summed E-state index contributed by atoms with van der Waals surface area (Å²) in [6.07, 6.45) is 1.99. The van der Waals surface area contributed by atoms with Crippen molar-refractivity contribution in [1.29, 1.82) is 0 Å². The van der Waals surface area contributed by atoms with E-state index in [1.54, 1.807) is 6.07 Å². The Balaban J connectivity index is 2.08. The van der Waals surface area contributed by atoms with Crippen LogP contribution >= 0.6 is 0 Å². The zero-order valence-electron chi connectivity index (χ0n) is 10.8. The normalized spacial score (nSPS) is 22.6. The minimum absolute atomic E-state index is 0.0135. The van der Waals surface area contributed by atoms with Crippen LogP contribution in [-0.2, 0) is 5.92 Å². The van der Waals surface area contributed by atoms with Crippen LogP contribution in [0.15, 0.2) is 12.1 Å². The van der Waals surface area contributed by atoms with Crippen LogP contribution in [-0.4, -0.2) is 19.8 Å². The Morgan fingerprint density at radius 2 is 2.05 bits per heavy atom. The van der Waals surface area contributed by atoms with Gasteiger partial charge in [-0.05, 0) is 31.5 Å². The summed E-state index contributed by atoms with van der Waals surface area (Å²) < 4.78 is 38.2. The van der Waals surface area contributed by atoms with E-state index in [4.69, 9.17) is 9.47 Å². The molecule has 1 aromatic carbocycles. The zero-order chi connectivity index (χ0) is 13.5. The third kappa shape index (κ3) is 2.39. The molecule has 19 heavy (non-hydrogen) atoms. The van der Waals surface area contributed by atoms with E-state index in [9.17, 15) is 8.78 Å². The average molecular weight is 269 g/mol. The monoisotopic (exact) mass is 269 g/mol. The first-order chi connectivity index (χ1) is 9.05. The van der Waals surface area contributed by atoms with Gasteiger partial charge in [-0.3, -0.25) is 0 Å². The quantitative estimate of drug-likeness (QED) is 0.895. The van der Waals surface area contributed by atoms with Gasteiger partial charge in [-0.1, -0.05) is 0 Å². The van der Waals surface area contributed by atoms with Crippen molar-refractivity contribution in [2.75, 3.05) is 19.8 Å². The number of hydrogen-bond donors (Lipinski definition) is 1. The van der Waals surface area contributed by atoms with Gasteiger partial charge in [0.25, 0.3) is 5.92 Å². The summed E-state index contributed by atoms with van der Waals surface area (Å²) in [5, 5.41) is 3.32. The molecule has 2 heterocycles. The Morgan fingerprint density at radius 3 is 2.74 bits per heavy atom. The van der Waals surface area contributed by atoms with Gasteiger partial charge in [0.1, 0.15) is 13.2 Å². The van der Waals surface area contributed by atoms with Gasteiger partial charge in [0.2, 0.25) is 0 Å². The third-order valence-electron chi connectivity index (χ3n) is 3.61. The molecule has 1 saturated heterocycles. The summed E-state index contributed by atoms with van der Waals surface area (Å²) in [6, 6.07) is 3.03. The van der Waals surface area contributed by atoms with E-state index >= 15 is 0 Å². The van der Waals surface area contributed by atoms with Crippen molar-refractivity contribution in [3.63, 3.8) is 0 Å². The second kappa shape index (κ2) is 4.63. The largest absolute Gasteiger partial charge is 0.486 e. The van der Waals surface area contributed by atoms with Crippen LogP contribution in [0, 0.1) is 0 Å². The standard InChI is InChI=1S/C14H17F2NO2/c1-14(15,16)9-7-10(11-3-2-4-17-11)13-12(8-9)18-5-6-19-13/h7-8,11,17H,2-6H2,1H3. The first-order valence-corrected chi connectivity index (χ1v) is 6.61. The number of halogens is 2. The van der Waals surface area contributed by atoms with Gasteiger partial charge in [-0.25, -0.2) is 8.78 Å². The molecule has 0 saturated carbocycles. The molecule has 1 N–H and O–H groups in total. The Hall–Kier alpha value is -1.36. The van der Waals surface area contributed by atoms with E-state index < -0.39 is 5.92 Å². The fraction of sp³-hybridized carbons (Fsp3) is 0.571. The summed E-state index contributed by atoms with van der Waals surface area (Å²) in [7, 11) is 0. The van der Waals surface area contributed by atoms with E-state index in [-0.39, 0.29) is 11.6 Å². The van der Waals surface area contributed by atoms with Crippen molar-refractivity contribution in [3.8, 4) is 11.5 Å². The summed E-state index contributed by atoms with van der Waals surface area (Å²) in [5.41, 5.74) is 0.784. The molecule has 2 aliphatic heterocycles. The fourth-order valence-corrected chi connectivity index (χ4v) is 2.64. The van der Waals surface area contributed by atoms with Crippen molar-refractivity contribution in [2.45, 2.75) is 31.7 Å². The topological polar surface area (TPSA) is 30.5 Å². The second-order valence-electron chi connectivity index (χ2n) is 5.13. The molecule has 3 rings (SSSR count). The van der Waals surface area contributed by atoms with E-state index in [0.29, 0.717) is 24.7 Å². The number of nitrogens with one attached hydrogen (secondary N) is 1. The summed E-state index contributed by atoms with van der Waals surface area (Å²) in [4.78, 5) is 0. The molecule has 0 spiro atoms. The number of alkyl halides is 2. The van der Waals surface area contributed by atoms with Crippen molar-refractivity contribution in [3.05, 3.63) is 23.3 Å². The molecule has 0 aromatic heterocycles. The predicted molar refractivity (Wildman–Crippen MR) is 67.0 cm³/mol. The fourth-order valence-electron chi connectivity index (χ4n) is 2.64. The predicted octanol–water partition coefficient (Wildman–Crippen LogP) is 2.99. The molecule has 1 atom stereocenters. The first kappa shape index (κ1) is 12.7. The molecule has 0 bridgehead atoms. The van der Waals surface area contributed by atoms with E-state index in [0.717, 1.165) is 31.9 Å². The molecule has 1 fully saturated rings. The van der Waals surface area contributed by atoms with Crippen LogP contribution in [0.3, 0.4) is 0 Å². The lowest BCUT2D eigenvalue weighted by Crippen LogP contribution is -2.21. The summed E-state index contributed by atoms with van der Waals surface area (Å²) in [5.74, 6) is -1.81. The van der Waals surface area contributed by atoms with Gasteiger partial charge in [0, 0.05) is 24.1 Å². The second-order valence-corrected chi connectivity index (χ2v) is 5.13. The molecule has 1 aromatic rings. The van der Waals surface area contributed by atoms with Crippen LogP contribution in [0.25, 0.3) is 0 Å². The lowest BCUT2D eigenvalue weighted by atomic mass is 9.98. The SMILES string of the molecule is CC(F)(F)c1cc2c(c(C3CCCN3)c1)OCCO2. The van der Waals surface area contributed by atoms with E-state index in [1.165, 1.54) is 6.07 Å². The molecule has 3 nitrogen and oxygen atoms in total. The molecular weight excluding hydrogens is 252 g/mol. The average Bonchev–Trinajstić information content (AvgIpc) is 2.90. The van der Waals surface area contributed by atoms with Gasteiger partial charge in [0.05, 0.1) is 0 Å². The molecule has 104 valence electrons. The first-order valence-electron chi connectivity index (χ1n) is 6.61. The van der Waals surface area contributed by atoms with Gasteiger partial charge in [-0.2, -0.15) is 0 Å². The van der Waals surface area contributed by atoms with Crippen molar-refractivity contribution < 1.29 is 18.3 Å². The number of ether oxygens (including phenoxy) is 2. The zero-order valence-corrected chi connectivity index (χ0v) is 10.8. The van der Waals surface area contributed by atoms with Crippen LogP contribution in [0.5, 0.6) is 11.5 Å². The Kier molecular flexibility index (Phi) is 3.09. The maximum atomic E-state index is 13.6. The Labute approximate surface area is 110 Å². The maximum absolute atomic E-state index is 13.6. The highest BCUT2D eigenvalue weighted by molar-refractivity contribution is 5.52. The Bertz CT molecular complexity index is 479. The van der Waals surface area contributed by atoms with Gasteiger partial charge >= 0.3 is 0 Å². The van der Waals surface area contributed by atoms with Gasteiger partial charge < -0.3 is 14.8 Å². The van der Waals surface area contributed by atoms with Gasteiger partial charge in [-0.15, -0.1) is 0 Å². The molecule has 0 amide bonds. The molecule has 0 aliphatic carbocycles. The third-order valence-corrected chi connectivity index (χ3v) is 3.61. The highest BCUT2D eigenvalue weighted by Gasteiger charge is 2.31. The Morgan fingerprint density at radius 1 is 1.26 bits per heavy atom. The van der Waals surface area contributed by atoms with Crippen molar-refractivity contribution >= 4 is 0 Å². The van der Waals surface area contributed by atoms with Crippen LogP contribution < -0.4 is 14.8 Å². The van der Waals surface area contributed by atoms with Crippen LogP contribution in [0.4, 0.5) is 8.78 Å². The van der Waals surface area contributed by atoms with Crippen LogP contribution in [0.1, 0.15) is 36.9 Å². The van der Waals surface area contributed by atoms with Crippen molar-refractivity contribution in [2.24, 2.45) is 0 Å². The molecular formula is C14H17F2NO2. The molecule has 5 heteroatoms. The molecule has 0 radical (unpaired) electrons. The molecule has 1 unspecified atom stereocenters. The number of hydrogen-bond acceptors (Lipinski definition) is 3. The number of rotatable bonds is 2. The summed E-state index contributed by atoms with van der Waals surface area (Å²) in [6.45, 7) is 2.69. The van der Waals surface area contributed by atoms with Crippen LogP contribution in [0.2, 0.25) is 0 Å². The lowest BCUT2D eigenvalue weighted by Gasteiger charge is -2.26. The summed E-state index contributed by atoms with van der Waals surface area (Å²) >= 11 is 0.